The van der Waals surface area contributed by atoms with Crippen molar-refractivity contribution >= 4 is 79.2 Å². The normalized spacial score (nSPS) is 17.6. The number of benzene rings is 1. The minimum Gasteiger partial charge on any atom is -0.212 e. The third kappa shape index (κ3) is 1.88. The van der Waals surface area contributed by atoms with Gasteiger partial charge in [0.05, 0.1) is 11.0 Å². The van der Waals surface area contributed by atoms with E-state index >= 15 is 0 Å². The maximum atomic E-state index is 3.50. The quantitative estimate of drug-likeness (QED) is 0.386. The molecule has 1 N–H and O–H groups in total. The summed E-state index contributed by atoms with van der Waals surface area (Å²) in [6.45, 7) is 6.74. The van der Waals surface area contributed by atoms with Gasteiger partial charge < -0.3 is 0 Å². The van der Waals surface area contributed by atoms with Crippen LogP contribution in [0.3, 0.4) is 0 Å². The Bertz CT molecular complexity index is 475. The Labute approximate surface area is 131 Å². The van der Waals surface area contributed by atoms with E-state index in [4.69, 9.17) is 0 Å². The fourth-order valence-electron chi connectivity index (χ4n) is 1.85. The summed E-state index contributed by atoms with van der Waals surface area (Å²) in [7, 11) is 0. The minimum atomic E-state index is 0.149. The molecule has 0 amide bonds. The van der Waals surface area contributed by atoms with Gasteiger partial charge in [0.15, 0.2) is 5.71 Å². The molecule has 0 unspecified atom stereocenters. The first kappa shape index (κ1) is 12.5. The second-order valence-corrected chi connectivity index (χ2v) is 7.60. The highest BCUT2D eigenvalue weighted by atomic mass is 127. The Hall–Kier alpha value is 1.08. The SMILES string of the molecule is CC1=[NH+]c2cc(I)c(I)c(I)c2C1(C)C. The van der Waals surface area contributed by atoms with Crippen molar-refractivity contribution in [1.82, 2.24) is 0 Å². The van der Waals surface area contributed by atoms with Crippen LogP contribution in [0, 0.1) is 10.7 Å². The summed E-state index contributed by atoms with van der Waals surface area (Å²) in [5.74, 6) is 0. The molecule has 1 heterocycles. The van der Waals surface area contributed by atoms with Crippen LogP contribution in [0.25, 0.3) is 0 Å². The summed E-state index contributed by atoms with van der Waals surface area (Å²) < 4.78 is 4.09. The predicted molar refractivity (Wildman–Crippen MR) is 88.9 cm³/mol. The molecule has 0 fully saturated rings. The van der Waals surface area contributed by atoms with E-state index in [2.05, 4.69) is 99.6 Å². The molecule has 0 saturated carbocycles. The van der Waals surface area contributed by atoms with E-state index in [-0.39, 0.29) is 5.41 Å². The molecule has 1 nitrogen and oxygen atoms in total. The van der Waals surface area contributed by atoms with Gasteiger partial charge in [-0.15, -0.1) is 0 Å². The maximum Gasteiger partial charge on any atom is 0.210 e. The molecule has 0 saturated heterocycles. The van der Waals surface area contributed by atoms with Crippen molar-refractivity contribution in [1.29, 1.82) is 0 Å². The van der Waals surface area contributed by atoms with Gasteiger partial charge in [0.1, 0.15) is 0 Å². The lowest BCUT2D eigenvalue weighted by Gasteiger charge is -2.17. The van der Waals surface area contributed by atoms with Crippen LogP contribution in [0.2, 0.25) is 0 Å². The van der Waals surface area contributed by atoms with Crippen LogP contribution in [-0.4, -0.2) is 5.71 Å². The van der Waals surface area contributed by atoms with Crippen LogP contribution in [0.1, 0.15) is 26.3 Å². The summed E-state index contributed by atoms with van der Waals surface area (Å²) >= 11 is 7.30. The first-order chi connectivity index (χ1) is 6.85. The van der Waals surface area contributed by atoms with E-state index in [9.17, 15) is 0 Å². The van der Waals surface area contributed by atoms with Crippen LogP contribution in [-0.2, 0) is 5.41 Å². The van der Waals surface area contributed by atoms with E-state index in [1.807, 2.05) is 0 Å². The molecule has 0 bridgehead atoms. The van der Waals surface area contributed by atoms with Crippen LogP contribution in [0.5, 0.6) is 0 Å². The predicted octanol–water partition coefficient (Wildman–Crippen LogP) is 2.96. The van der Waals surface area contributed by atoms with Crippen molar-refractivity contribution in [3.63, 3.8) is 0 Å². The van der Waals surface area contributed by atoms with Gasteiger partial charge in [0.25, 0.3) is 0 Å². The Kier molecular flexibility index (Phi) is 3.41. The zero-order chi connectivity index (χ0) is 11.4. The first-order valence-corrected chi connectivity index (χ1v) is 7.88. The molecule has 4 heteroatoms. The van der Waals surface area contributed by atoms with Gasteiger partial charge in [-0.2, -0.15) is 0 Å². The summed E-state index contributed by atoms with van der Waals surface area (Å²) in [6, 6.07) is 2.25. The molecule has 1 aromatic rings. The number of rotatable bonds is 0. The summed E-state index contributed by atoms with van der Waals surface area (Å²) in [5, 5.41) is 0. The molecular formula is C11H11I3N+. The molecule has 0 spiro atoms. The lowest BCUT2D eigenvalue weighted by molar-refractivity contribution is -0.351. The van der Waals surface area contributed by atoms with E-state index in [0.717, 1.165) is 0 Å². The van der Waals surface area contributed by atoms with Gasteiger partial charge in [-0.25, -0.2) is 4.99 Å². The monoisotopic (exact) mass is 538 g/mol. The van der Waals surface area contributed by atoms with Crippen LogP contribution in [0.4, 0.5) is 5.69 Å². The van der Waals surface area contributed by atoms with Gasteiger partial charge in [-0.1, -0.05) is 0 Å². The van der Waals surface area contributed by atoms with Crippen molar-refractivity contribution in [2.24, 2.45) is 0 Å². The van der Waals surface area contributed by atoms with E-state index in [0.29, 0.717) is 0 Å². The summed E-state index contributed by atoms with van der Waals surface area (Å²) in [6.07, 6.45) is 0. The van der Waals surface area contributed by atoms with Crippen molar-refractivity contribution in [2.45, 2.75) is 26.2 Å². The average molecular weight is 538 g/mol. The molecule has 0 aliphatic carbocycles. The van der Waals surface area contributed by atoms with Crippen molar-refractivity contribution in [3.05, 3.63) is 22.3 Å². The lowest BCUT2D eigenvalue weighted by Crippen LogP contribution is -2.64. The van der Waals surface area contributed by atoms with Crippen molar-refractivity contribution in [2.75, 3.05) is 0 Å². The molecule has 2 rings (SSSR count). The number of hydrogen-bond donors (Lipinski definition) is 1. The Morgan fingerprint density at radius 1 is 1.13 bits per heavy atom. The molecule has 0 radical (unpaired) electrons. The van der Waals surface area contributed by atoms with Gasteiger partial charge >= 0.3 is 0 Å². The third-order valence-electron chi connectivity index (χ3n) is 3.05. The standard InChI is InChI=1S/C11H10I3N/c1-5-11(2,3)8-7(15-5)4-6(12)9(13)10(8)14/h4H,1-3H3/p+1. The fraction of sp³-hybridized carbons (Fsp3) is 0.364. The maximum absolute atomic E-state index is 3.50. The van der Waals surface area contributed by atoms with Crippen molar-refractivity contribution in [3.8, 4) is 0 Å². The number of halogens is 3. The van der Waals surface area contributed by atoms with E-state index in [1.165, 1.54) is 27.7 Å². The van der Waals surface area contributed by atoms with Crippen LogP contribution < -0.4 is 4.99 Å². The highest BCUT2D eigenvalue weighted by Crippen LogP contribution is 2.38. The molecule has 0 atom stereocenters. The van der Waals surface area contributed by atoms with Crippen molar-refractivity contribution < 1.29 is 4.99 Å². The largest absolute Gasteiger partial charge is 0.212 e. The lowest BCUT2D eigenvalue weighted by atomic mass is 9.82. The van der Waals surface area contributed by atoms with E-state index in [1.54, 1.807) is 0 Å². The minimum absolute atomic E-state index is 0.149. The number of nitrogens with one attached hydrogen (secondary N) is 1. The summed E-state index contributed by atoms with van der Waals surface area (Å²) in [4.78, 5) is 3.50. The second-order valence-electron chi connectivity index (χ2n) is 4.28. The average Bonchev–Trinajstić information content (AvgIpc) is 2.34. The highest BCUT2D eigenvalue weighted by Gasteiger charge is 2.41. The Morgan fingerprint density at radius 2 is 1.73 bits per heavy atom. The molecule has 15 heavy (non-hydrogen) atoms. The number of hydrogen-bond acceptors (Lipinski definition) is 0. The van der Waals surface area contributed by atoms with Gasteiger partial charge in [0.2, 0.25) is 5.69 Å². The molecule has 80 valence electrons. The smallest absolute Gasteiger partial charge is 0.210 e. The van der Waals surface area contributed by atoms with Gasteiger partial charge in [0, 0.05) is 23.7 Å². The van der Waals surface area contributed by atoms with Gasteiger partial charge in [-0.3, -0.25) is 0 Å². The molecular weight excluding hydrogens is 527 g/mol. The first-order valence-electron chi connectivity index (χ1n) is 4.64. The molecule has 1 aromatic carbocycles. The number of fused-ring (bicyclic) bond motifs is 1. The summed E-state index contributed by atoms with van der Waals surface area (Å²) in [5.41, 5.74) is 4.22. The fourth-order valence-corrected chi connectivity index (χ4v) is 4.63. The Morgan fingerprint density at radius 3 is 2.33 bits per heavy atom. The zero-order valence-corrected chi connectivity index (χ0v) is 15.2. The highest BCUT2D eigenvalue weighted by molar-refractivity contribution is 14.1. The van der Waals surface area contributed by atoms with E-state index < -0.39 is 0 Å². The van der Waals surface area contributed by atoms with Crippen LogP contribution in [0.15, 0.2) is 6.07 Å². The van der Waals surface area contributed by atoms with Gasteiger partial charge in [-0.05, 0) is 81.6 Å². The molecule has 1 aliphatic rings. The zero-order valence-electron chi connectivity index (χ0n) is 8.71. The third-order valence-corrected chi connectivity index (χ3v) is 8.16. The van der Waals surface area contributed by atoms with Crippen LogP contribution >= 0.6 is 67.8 Å². The molecule has 0 aromatic heterocycles. The molecule has 1 aliphatic heterocycles. The topological polar surface area (TPSA) is 14.0 Å². The second kappa shape index (κ2) is 4.08. The Balaban J connectivity index is 2.79.